The molecule has 0 aromatic heterocycles. The first-order valence-electron chi connectivity index (χ1n) is 6.84. The van der Waals surface area contributed by atoms with Crippen LogP contribution in [0.5, 0.6) is 0 Å². The molecule has 0 amide bonds. The molecule has 1 aromatic rings. The van der Waals surface area contributed by atoms with Gasteiger partial charge in [-0.05, 0) is 45.0 Å². The van der Waals surface area contributed by atoms with Crippen molar-refractivity contribution in [2.45, 2.75) is 32.4 Å². The smallest absolute Gasteiger partial charge is 0.129 e. The SMILES string of the molecule is CC(CNCc1ccc(C#N)cc1F)N1CCCC1. The minimum absolute atomic E-state index is 0.305. The van der Waals surface area contributed by atoms with Crippen LogP contribution in [0.1, 0.15) is 30.9 Å². The van der Waals surface area contributed by atoms with Gasteiger partial charge in [0, 0.05) is 24.7 Å². The van der Waals surface area contributed by atoms with Crippen molar-refractivity contribution in [3.05, 3.63) is 35.1 Å². The summed E-state index contributed by atoms with van der Waals surface area (Å²) in [4.78, 5) is 2.46. The van der Waals surface area contributed by atoms with Gasteiger partial charge in [0.05, 0.1) is 11.6 Å². The number of halogens is 1. The Morgan fingerprint density at radius 2 is 2.16 bits per heavy atom. The maximum Gasteiger partial charge on any atom is 0.129 e. The average molecular weight is 261 g/mol. The fourth-order valence-corrected chi connectivity index (χ4v) is 2.49. The summed E-state index contributed by atoms with van der Waals surface area (Å²) < 4.78 is 13.7. The van der Waals surface area contributed by atoms with Gasteiger partial charge in [-0.3, -0.25) is 4.90 Å². The Hall–Kier alpha value is -1.44. The van der Waals surface area contributed by atoms with E-state index in [1.165, 1.54) is 32.0 Å². The van der Waals surface area contributed by atoms with Crippen molar-refractivity contribution < 1.29 is 4.39 Å². The van der Waals surface area contributed by atoms with Crippen molar-refractivity contribution >= 4 is 0 Å². The molecule has 3 nitrogen and oxygen atoms in total. The average Bonchev–Trinajstić information content (AvgIpc) is 2.94. The second-order valence-corrected chi connectivity index (χ2v) is 5.14. The number of nitrogens with zero attached hydrogens (tertiary/aromatic N) is 2. The van der Waals surface area contributed by atoms with Crippen molar-refractivity contribution in [1.82, 2.24) is 10.2 Å². The van der Waals surface area contributed by atoms with Crippen molar-refractivity contribution in [1.29, 1.82) is 5.26 Å². The lowest BCUT2D eigenvalue weighted by Gasteiger charge is -2.24. The molecular formula is C15H20FN3. The summed E-state index contributed by atoms with van der Waals surface area (Å²) in [6, 6.07) is 7.06. The van der Waals surface area contributed by atoms with Crippen LogP contribution in [0.25, 0.3) is 0 Å². The summed E-state index contributed by atoms with van der Waals surface area (Å²) >= 11 is 0. The highest BCUT2D eigenvalue weighted by Gasteiger charge is 2.17. The van der Waals surface area contributed by atoms with Gasteiger partial charge in [0.25, 0.3) is 0 Å². The Morgan fingerprint density at radius 1 is 1.42 bits per heavy atom. The molecule has 1 unspecified atom stereocenters. The Bertz CT molecular complexity index is 461. The van der Waals surface area contributed by atoms with Crippen LogP contribution in [0, 0.1) is 17.1 Å². The standard InChI is InChI=1S/C15H20FN3/c1-12(19-6-2-3-7-19)10-18-11-14-5-4-13(9-17)8-15(14)16/h4-5,8,12,18H,2-3,6-7,10-11H2,1H3. The molecule has 0 saturated carbocycles. The number of hydrogen-bond acceptors (Lipinski definition) is 3. The highest BCUT2D eigenvalue weighted by Crippen LogP contribution is 2.12. The number of nitriles is 1. The third-order valence-corrected chi connectivity index (χ3v) is 3.70. The van der Waals surface area contributed by atoms with Gasteiger partial charge in [-0.1, -0.05) is 6.07 Å². The van der Waals surface area contributed by atoms with Crippen LogP contribution in [-0.2, 0) is 6.54 Å². The van der Waals surface area contributed by atoms with Gasteiger partial charge in [0.2, 0.25) is 0 Å². The summed E-state index contributed by atoms with van der Waals surface area (Å²) in [5, 5.41) is 12.0. The van der Waals surface area contributed by atoms with Gasteiger partial charge in [-0.25, -0.2) is 4.39 Å². The van der Waals surface area contributed by atoms with E-state index in [4.69, 9.17) is 5.26 Å². The topological polar surface area (TPSA) is 39.1 Å². The maximum absolute atomic E-state index is 13.7. The minimum atomic E-state index is -0.305. The lowest BCUT2D eigenvalue weighted by Crippen LogP contribution is -2.38. The summed E-state index contributed by atoms with van der Waals surface area (Å²) in [5.41, 5.74) is 0.985. The molecule has 1 fully saturated rings. The molecule has 0 radical (unpaired) electrons. The van der Waals surface area contributed by atoms with Crippen molar-refractivity contribution in [3.8, 4) is 6.07 Å². The van der Waals surface area contributed by atoms with Crippen molar-refractivity contribution in [2.75, 3.05) is 19.6 Å². The molecule has 1 aliphatic heterocycles. The van der Waals surface area contributed by atoms with Gasteiger partial charge in [0.1, 0.15) is 5.82 Å². The maximum atomic E-state index is 13.7. The van der Waals surface area contributed by atoms with Crippen LogP contribution in [0.15, 0.2) is 18.2 Å². The fraction of sp³-hybridized carbons (Fsp3) is 0.533. The zero-order valence-corrected chi connectivity index (χ0v) is 11.3. The van der Waals surface area contributed by atoms with E-state index in [1.807, 2.05) is 6.07 Å². The predicted octanol–water partition coefficient (Wildman–Crippen LogP) is 2.27. The van der Waals surface area contributed by atoms with Crippen LogP contribution >= 0.6 is 0 Å². The number of benzene rings is 1. The number of hydrogen-bond donors (Lipinski definition) is 1. The van der Waals surface area contributed by atoms with Gasteiger partial charge in [0.15, 0.2) is 0 Å². The van der Waals surface area contributed by atoms with Crippen LogP contribution in [0.4, 0.5) is 4.39 Å². The Labute approximate surface area is 114 Å². The minimum Gasteiger partial charge on any atom is -0.311 e. The molecule has 0 aliphatic carbocycles. The van der Waals surface area contributed by atoms with E-state index in [0.29, 0.717) is 23.7 Å². The molecule has 102 valence electrons. The third-order valence-electron chi connectivity index (χ3n) is 3.70. The van der Waals surface area contributed by atoms with E-state index in [-0.39, 0.29) is 5.82 Å². The van der Waals surface area contributed by atoms with Crippen molar-refractivity contribution in [3.63, 3.8) is 0 Å². The number of rotatable bonds is 5. The quantitative estimate of drug-likeness (QED) is 0.883. The zero-order valence-electron chi connectivity index (χ0n) is 11.3. The zero-order chi connectivity index (χ0) is 13.7. The van der Waals surface area contributed by atoms with E-state index in [9.17, 15) is 4.39 Å². The first kappa shape index (κ1) is 14.0. The monoisotopic (exact) mass is 261 g/mol. The van der Waals surface area contributed by atoms with Crippen LogP contribution in [0.3, 0.4) is 0 Å². The molecule has 0 spiro atoms. The number of nitrogens with one attached hydrogen (secondary N) is 1. The Kier molecular flexibility index (Phi) is 4.89. The molecule has 4 heteroatoms. The third kappa shape index (κ3) is 3.76. The second-order valence-electron chi connectivity index (χ2n) is 5.14. The molecule has 1 atom stereocenters. The Balaban J connectivity index is 1.80. The fourth-order valence-electron chi connectivity index (χ4n) is 2.49. The van der Waals surface area contributed by atoms with Gasteiger partial charge in [-0.15, -0.1) is 0 Å². The lowest BCUT2D eigenvalue weighted by molar-refractivity contribution is 0.251. The lowest BCUT2D eigenvalue weighted by atomic mass is 10.1. The Morgan fingerprint density at radius 3 is 2.79 bits per heavy atom. The molecule has 19 heavy (non-hydrogen) atoms. The molecule has 1 heterocycles. The van der Waals surface area contributed by atoms with E-state index in [0.717, 1.165) is 6.54 Å². The summed E-state index contributed by atoms with van der Waals surface area (Å²) in [6.45, 7) is 5.92. The molecular weight excluding hydrogens is 241 g/mol. The van der Waals surface area contributed by atoms with Gasteiger partial charge in [-0.2, -0.15) is 5.26 Å². The second kappa shape index (κ2) is 6.65. The van der Waals surface area contributed by atoms with Crippen LogP contribution < -0.4 is 5.32 Å². The predicted molar refractivity (Wildman–Crippen MR) is 73.1 cm³/mol. The van der Waals surface area contributed by atoms with E-state index >= 15 is 0 Å². The van der Waals surface area contributed by atoms with E-state index in [1.54, 1.807) is 12.1 Å². The molecule has 1 N–H and O–H groups in total. The number of likely N-dealkylation sites (tertiary alicyclic amines) is 1. The largest absolute Gasteiger partial charge is 0.311 e. The summed E-state index contributed by atoms with van der Waals surface area (Å²) in [7, 11) is 0. The molecule has 1 aliphatic rings. The highest BCUT2D eigenvalue weighted by atomic mass is 19.1. The molecule has 1 saturated heterocycles. The van der Waals surface area contributed by atoms with Crippen molar-refractivity contribution in [2.24, 2.45) is 0 Å². The normalized spacial score (nSPS) is 17.3. The first-order chi connectivity index (χ1) is 9.20. The van der Waals surface area contributed by atoms with Gasteiger partial charge >= 0.3 is 0 Å². The highest BCUT2D eigenvalue weighted by molar-refractivity contribution is 5.32. The first-order valence-corrected chi connectivity index (χ1v) is 6.84. The van der Waals surface area contributed by atoms with Crippen LogP contribution in [0.2, 0.25) is 0 Å². The molecule has 1 aromatic carbocycles. The summed E-state index contributed by atoms with van der Waals surface area (Å²) in [5.74, 6) is -0.305. The van der Waals surface area contributed by atoms with Gasteiger partial charge < -0.3 is 5.32 Å². The van der Waals surface area contributed by atoms with E-state index < -0.39 is 0 Å². The molecule has 0 bridgehead atoms. The van der Waals surface area contributed by atoms with E-state index in [2.05, 4.69) is 17.1 Å². The summed E-state index contributed by atoms with van der Waals surface area (Å²) in [6.07, 6.45) is 2.57. The molecule has 2 rings (SSSR count). The van der Waals surface area contributed by atoms with Crippen LogP contribution in [-0.4, -0.2) is 30.6 Å².